The Labute approximate surface area is 213 Å². The highest BCUT2D eigenvalue weighted by Gasteiger charge is 2.67. The molecule has 0 aromatic heterocycles. The number of hydrogen-bond acceptors (Lipinski definition) is 2. The van der Waals surface area contributed by atoms with E-state index in [4.69, 9.17) is 34.8 Å². The number of benzene rings is 3. The van der Waals surface area contributed by atoms with Crippen LogP contribution in [-0.2, 0) is 4.79 Å². The predicted molar refractivity (Wildman–Crippen MR) is 132 cm³/mol. The fraction of sp³-hybridized carbons (Fsp3) is 0.120. The van der Waals surface area contributed by atoms with Crippen LogP contribution in [0, 0.1) is 23.4 Å². The molecule has 0 saturated heterocycles. The van der Waals surface area contributed by atoms with Gasteiger partial charge in [0.25, 0.3) is 5.91 Å². The molecule has 0 aliphatic heterocycles. The van der Waals surface area contributed by atoms with Crippen molar-refractivity contribution >= 4 is 64.1 Å². The smallest absolute Gasteiger partial charge is 0.257 e. The Kier molecular flexibility index (Phi) is 6.86. The summed E-state index contributed by atoms with van der Waals surface area (Å²) in [5, 5.41) is 4.96. The summed E-state index contributed by atoms with van der Waals surface area (Å²) in [6.45, 7) is 3.53. The Morgan fingerprint density at radius 2 is 1.69 bits per heavy atom. The van der Waals surface area contributed by atoms with Gasteiger partial charge < -0.3 is 10.6 Å². The van der Waals surface area contributed by atoms with Crippen LogP contribution >= 0.6 is 34.8 Å². The number of rotatable bonds is 6. The van der Waals surface area contributed by atoms with Crippen molar-refractivity contribution in [3.63, 3.8) is 0 Å². The van der Waals surface area contributed by atoms with Gasteiger partial charge >= 0.3 is 0 Å². The molecular weight excluding hydrogens is 524 g/mol. The second-order valence-electron chi connectivity index (χ2n) is 7.88. The van der Waals surface area contributed by atoms with E-state index in [9.17, 15) is 22.8 Å². The van der Waals surface area contributed by atoms with Crippen LogP contribution in [-0.4, -0.2) is 16.1 Å². The summed E-state index contributed by atoms with van der Waals surface area (Å²) in [4.78, 5) is 25.5. The van der Waals surface area contributed by atoms with Crippen molar-refractivity contribution in [1.29, 1.82) is 0 Å². The summed E-state index contributed by atoms with van der Waals surface area (Å²) in [6.07, 6.45) is 1.36. The van der Waals surface area contributed by atoms with E-state index in [2.05, 4.69) is 17.2 Å². The minimum absolute atomic E-state index is 0.0362. The fourth-order valence-electron chi connectivity index (χ4n) is 3.75. The Bertz CT molecular complexity index is 1360. The Morgan fingerprint density at radius 1 is 0.943 bits per heavy atom. The summed E-state index contributed by atoms with van der Waals surface area (Å²) < 4.78 is 39.7. The number of alkyl halides is 2. The average molecular weight is 540 g/mol. The van der Waals surface area contributed by atoms with E-state index in [1.54, 1.807) is 6.07 Å². The number of carbonyl (C=O) groups excluding carboxylic acids is 2. The Balaban J connectivity index is 1.51. The summed E-state index contributed by atoms with van der Waals surface area (Å²) in [7, 11) is 0. The lowest BCUT2D eigenvalue weighted by Gasteiger charge is -2.11. The maximum absolute atomic E-state index is 14.2. The zero-order chi connectivity index (χ0) is 25.5. The molecule has 0 bridgehead atoms. The number of amides is 2. The zero-order valence-electron chi connectivity index (χ0n) is 17.7. The van der Waals surface area contributed by atoms with Gasteiger partial charge in [0.2, 0.25) is 5.91 Å². The molecule has 35 heavy (non-hydrogen) atoms. The molecule has 3 aromatic rings. The SMILES string of the molecule is C=Cc1ccc([C@H]2[C@H](C(=O)Nc3ccc(Cl)c(C(=O)Nc4ccc(F)cc4F)c3)C2(Cl)Cl)cc1F. The van der Waals surface area contributed by atoms with Gasteiger partial charge in [-0.25, -0.2) is 13.2 Å². The number of anilines is 2. The van der Waals surface area contributed by atoms with Crippen molar-refractivity contribution in [2.75, 3.05) is 10.6 Å². The molecule has 4 nitrogen and oxygen atoms in total. The van der Waals surface area contributed by atoms with Gasteiger partial charge in [0, 0.05) is 23.2 Å². The normalized spacial score (nSPS) is 18.0. The first-order chi connectivity index (χ1) is 16.5. The monoisotopic (exact) mass is 538 g/mol. The van der Waals surface area contributed by atoms with Crippen molar-refractivity contribution in [2.45, 2.75) is 10.3 Å². The first kappa shape index (κ1) is 25.1. The van der Waals surface area contributed by atoms with Gasteiger partial charge in [-0.15, -0.1) is 23.2 Å². The molecule has 3 aromatic carbocycles. The van der Waals surface area contributed by atoms with Crippen LogP contribution in [0.4, 0.5) is 24.5 Å². The van der Waals surface area contributed by atoms with Crippen molar-refractivity contribution in [1.82, 2.24) is 0 Å². The van der Waals surface area contributed by atoms with Crippen LogP contribution in [0.25, 0.3) is 6.08 Å². The lowest BCUT2D eigenvalue weighted by atomic mass is 10.1. The first-order valence-corrected chi connectivity index (χ1v) is 11.3. The molecule has 180 valence electrons. The molecule has 1 aliphatic carbocycles. The van der Waals surface area contributed by atoms with Crippen molar-refractivity contribution in [3.05, 3.63) is 100 Å². The second-order valence-corrected chi connectivity index (χ2v) is 9.73. The van der Waals surface area contributed by atoms with E-state index in [1.165, 1.54) is 36.4 Å². The highest BCUT2D eigenvalue weighted by atomic mass is 35.5. The number of nitrogens with one attached hydrogen (secondary N) is 2. The van der Waals surface area contributed by atoms with E-state index in [0.717, 1.165) is 12.1 Å². The number of carbonyl (C=O) groups is 2. The van der Waals surface area contributed by atoms with E-state index in [1.807, 2.05) is 0 Å². The van der Waals surface area contributed by atoms with Crippen LogP contribution in [0.3, 0.4) is 0 Å². The third kappa shape index (κ3) is 5.03. The van der Waals surface area contributed by atoms with Gasteiger partial charge in [-0.1, -0.05) is 36.4 Å². The molecular formula is C25H16Cl3F3N2O2. The predicted octanol–water partition coefficient (Wildman–Crippen LogP) is 7.18. The second kappa shape index (κ2) is 9.57. The quantitative estimate of drug-likeness (QED) is 0.326. The van der Waals surface area contributed by atoms with Crippen LogP contribution in [0.15, 0.2) is 61.2 Å². The number of halogens is 6. The highest BCUT2D eigenvalue weighted by molar-refractivity contribution is 6.53. The van der Waals surface area contributed by atoms with Crippen LogP contribution in [0.5, 0.6) is 0 Å². The van der Waals surface area contributed by atoms with Gasteiger partial charge in [-0.3, -0.25) is 9.59 Å². The van der Waals surface area contributed by atoms with Crippen molar-refractivity contribution < 1.29 is 22.8 Å². The molecule has 2 amide bonds. The molecule has 1 saturated carbocycles. The summed E-state index contributed by atoms with van der Waals surface area (Å²) >= 11 is 18.8. The van der Waals surface area contributed by atoms with Gasteiger partial charge in [0.15, 0.2) is 0 Å². The summed E-state index contributed by atoms with van der Waals surface area (Å²) in [5.41, 5.74) is 0.651. The third-order valence-electron chi connectivity index (χ3n) is 5.60. The topological polar surface area (TPSA) is 58.2 Å². The maximum atomic E-state index is 14.2. The van der Waals surface area contributed by atoms with Gasteiger partial charge in [0.1, 0.15) is 21.8 Å². The number of hydrogen-bond donors (Lipinski definition) is 2. The lowest BCUT2D eigenvalue weighted by molar-refractivity contribution is -0.117. The molecule has 0 unspecified atom stereocenters. The van der Waals surface area contributed by atoms with Crippen molar-refractivity contribution in [3.8, 4) is 0 Å². The van der Waals surface area contributed by atoms with Crippen LogP contribution in [0.1, 0.15) is 27.4 Å². The van der Waals surface area contributed by atoms with E-state index in [-0.39, 0.29) is 22.0 Å². The molecule has 4 rings (SSSR count). The van der Waals surface area contributed by atoms with Gasteiger partial charge in [-0.2, -0.15) is 0 Å². The van der Waals surface area contributed by atoms with Crippen LogP contribution < -0.4 is 10.6 Å². The summed E-state index contributed by atoms with van der Waals surface area (Å²) in [6, 6.07) is 11.2. The molecule has 1 aliphatic rings. The van der Waals surface area contributed by atoms with E-state index >= 15 is 0 Å². The minimum atomic E-state index is -1.46. The van der Waals surface area contributed by atoms with Gasteiger partial charge in [0.05, 0.1) is 22.2 Å². The lowest BCUT2D eigenvalue weighted by Crippen LogP contribution is -2.18. The minimum Gasteiger partial charge on any atom is -0.326 e. The average Bonchev–Trinajstić information content (AvgIpc) is 3.38. The molecule has 0 heterocycles. The largest absolute Gasteiger partial charge is 0.326 e. The van der Waals surface area contributed by atoms with Gasteiger partial charge in [-0.05, 0) is 42.0 Å². The Hall–Kier alpha value is -3.00. The Morgan fingerprint density at radius 3 is 2.34 bits per heavy atom. The molecule has 0 radical (unpaired) electrons. The summed E-state index contributed by atoms with van der Waals surface area (Å²) in [5.74, 6) is -5.14. The van der Waals surface area contributed by atoms with E-state index in [0.29, 0.717) is 17.2 Å². The van der Waals surface area contributed by atoms with Crippen molar-refractivity contribution in [2.24, 2.45) is 5.92 Å². The fourth-order valence-corrected chi connectivity index (χ4v) is 4.78. The molecule has 2 atom stereocenters. The zero-order valence-corrected chi connectivity index (χ0v) is 20.0. The molecule has 1 fully saturated rings. The van der Waals surface area contributed by atoms with Crippen LogP contribution in [0.2, 0.25) is 5.02 Å². The molecule has 2 N–H and O–H groups in total. The molecule has 0 spiro atoms. The highest BCUT2D eigenvalue weighted by Crippen LogP contribution is 2.65. The molecule has 10 heteroatoms. The standard InChI is InChI=1S/C25H16Cl3F3N2O2/c1-2-12-3-4-13(9-18(12)30)21-22(25(21,27)28)24(35)32-15-6-7-17(26)16(11-15)23(34)33-20-8-5-14(29)10-19(20)31/h2-11,21-22H,1H2,(H,32,35)(H,33,34)/t21-,22+/m0/s1. The first-order valence-electron chi connectivity index (χ1n) is 10.2. The third-order valence-corrected chi connectivity index (χ3v) is 6.87. The maximum Gasteiger partial charge on any atom is 0.257 e. The van der Waals surface area contributed by atoms with E-state index < -0.39 is 45.4 Å².